The van der Waals surface area contributed by atoms with Crippen LogP contribution < -0.4 is 10.6 Å². The van der Waals surface area contributed by atoms with E-state index < -0.39 is 12.0 Å². The number of carboxylic acids is 1. The molecule has 1 aromatic carbocycles. The van der Waals surface area contributed by atoms with Crippen molar-refractivity contribution in [3.05, 3.63) is 34.9 Å². The molecule has 1 aromatic rings. The quantitative estimate of drug-likeness (QED) is 0.716. The highest BCUT2D eigenvalue weighted by molar-refractivity contribution is 6.30. The Bertz CT molecular complexity index is 450. The average Bonchev–Trinajstić information content (AvgIpc) is 2.38. The van der Waals surface area contributed by atoms with Gasteiger partial charge in [0.05, 0.1) is 19.1 Å². The summed E-state index contributed by atoms with van der Waals surface area (Å²) in [6.45, 7) is 0.371. The van der Waals surface area contributed by atoms with E-state index in [1.54, 1.807) is 24.3 Å². The lowest BCUT2D eigenvalue weighted by Gasteiger charge is -2.18. The van der Waals surface area contributed by atoms with Gasteiger partial charge in [-0.15, -0.1) is 0 Å². The van der Waals surface area contributed by atoms with Gasteiger partial charge in [0, 0.05) is 18.7 Å². The number of amides is 2. The van der Waals surface area contributed by atoms with Crippen molar-refractivity contribution in [2.45, 2.75) is 12.5 Å². The van der Waals surface area contributed by atoms with Crippen LogP contribution in [0.1, 0.15) is 18.0 Å². The molecule has 1 rings (SSSR count). The van der Waals surface area contributed by atoms with Crippen LogP contribution in [0.3, 0.4) is 0 Å². The van der Waals surface area contributed by atoms with E-state index in [1.165, 1.54) is 7.11 Å². The Labute approximate surface area is 122 Å². The minimum Gasteiger partial charge on any atom is -0.481 e. The Morgan fingerprint density at radius 3 is 2.55 bits per heavy atom. The van der Waals surface area contributed by atoms with E-state index in [4.69, 9.17) is 21.4 Å². The number of aliphatic carboxylic acids is 1. The maximum Gasteiger partial charge on any atom is 0.315 e. The number of hydrogen-bond donors (Lipinski definition) is 3. The normalized spacial score (nSPS) is 11.7. The molecule has 0 saturated carbocycles. The number of urea groups is 1. The summed E-state index contributed by atoms with van der Waals surface area (Å²) in [5.41, 5.74) is 0.852. The maximum absolute atomic E-state index is 11.7. The van der Waals surface area contributed by atoms with Crippen LogP contribution in [0.2, 0.25) is 5.02 Å². The topological polar surface area (TPSA) is 87.7 Å². The summed E-state index contributed by atoms with van der Waals surface area (Å²) in [7, 11) is 1.53. The Hall–Kier alpha value is -1.79. The summed E-state index contributed by atoms with van der Waals surface area (Å²) >= 11 is 5.81. The summed E-state index contributed by atoms with van der Waals surface area (Å²) < 4.78 is 5.06. The highest BCUT2D eigenvalue weighted by Crippen LogP contribution is 2.16. The van der Waals surface area contributed by atoms with Gasteiger partial charge in [-0.05, 0) is 17.7 Å². The van der Waals surface area contributed by atoms with Gasteiger partial charge in [-0.3, -0.25) is 4.79 Å². The lowest BCUT2D eigenvalue weighted by Crippen LogP contribution is -2.40. The second kappa shape index (κ2) is 8.39. The Morgan fingerprint density at radius 1 is 1.35 bits per heavy atom. The second-order valence-corrected chi connectivity index (χ2v) is 4.54. The van der Waals surface area contributed by atoms with Crippen molar-refractivity contribution in [1.29, 1.82) is 0 Å². The first-order valence-corrected chi connectivity index (χ1v) is 6.41. The van der Waals surface area contributed by atoms with Crippen molar-refractivity contribution < 1.29 is 19.4 Å². The van der Waals surface area contributed by atoms with Crippen LogP contribution in [0.5, 0.6) is 0 Å². The summed E-state index contributed by atoms with van der Waals surface area (Å²) in [6.07, 6.45) is -0.122. The molecule has 0 saturated heterocycles. The number of halogens is 1. The first-order chi connectivity index (χ1) is 9.52. The van der Waals surface area contributed by atoms with Gasteiger partial charge in [-0.2, -0.15) is 0 Å². The smallest absolute Gasteiger partial charge is 0.315 e. The maximum atomic E-state index is 11.7. The Balaban J connectivity index is 2.56. The standard InChI is InChI=1S/C13H17ClN2O4/c1-20-8-11(9-2-4-10(14)5-3-9)16-13(19)15-7-6-12(17)18/h2-5,11H,6-8H2,1H3,(H,17,18)(H2,15,16,19). The largest absolute Gasteiger partial charge is 0.481 e. The lowest BCUT2D eigenvalue weighted by molar-refractivity contribution is -0.136. The van der Waals surface area contributed by atoms with Crippen molar-refractivity contribution >= 4 is 23.6 Å². The molecule has 0 fully saturated rings. The molecule has 20 heavy (non-hydrogen) atoms. The van der Waals surface area contributed by atoms with Crippen LogP contribution >= 0.6 is 11.6 Å². The molecule has 0 spiro atoms. The van der Waals surface area contributed by atoms with E-state index in [0.717, 1.165) is 5.56 Å². The highest BCUT2D eigenvalue weighted by Gasteiger charge is 2.14. The molecule has 0 aliphatic heterocycles. The molecular formula is C13H17ClN2O4. The fourth-order valence-corrected chi connectivity index (χ4v) is 1.70. The average molecular weight is 301 g/mol. The van der Waals surface area contributed by atoms with Crippen LogP contribution in [0.4, 0.5) is 4.79 Å². The summed E-state index contributed by atoms with van der Waals surface area (Å²) in [6, 6.07) is 6.27. The van der Waals surface area contributed by atoms with E-state index >= 15 is 0 Å². The molecule has 0 aromatic heterocycles. The molecule has 0 radical (unpaired) electrons. The number of benzene rings is 1. The second-order valence-electron chi connectivity index (χ2n) is 4.10. The van der Waals surface area contributed by atoms with Crippen LogP contribution in [0.15, 0.2) is 24.3 Å². The van der Waals surface area contributed by atoms with Gasteiger partial charge in [0.25, 0.3) is 0 Å². The lowest BCUT2D eigenvalue weighted by atomic mass is 10.1. The Kier molecular flexibility index (Phi) is 6.83. The minimum atomic E-state index is -0.962. The van der Waals surface area contributed by atoms with Gasteiger partial charge in [-0.25, -0.2) is 4.79 Å². The van der Waals surface area contributed by atoms with Crippen LogP contribution in [-0.4, -0.2) is 37.4 Å². The van der Waals surface area contributed by atoms with Gasteiger partial charge in [-0.1, -0.05) is 23.7 Å². The summed E-state index contributed by atoms with van der Waals surface area (Å²) in [5.74, 6) is -0.962. The fraction of sp³-hybridized carbons (Fsp3) is 0.385. The molecule has 1 atom stereocenters. The van der Waals surface area contributed by atoms with Crippen molar-refractivity contribution in [2.75, 3.05) is 20.3 Å². The van der Waals surface area contributed by atoms with Crippen LogP contribution in [0.25, 0.3) is 0 Å². The van der Waals surface area contributed by atoms with Crippen LogP contribution in [0, 0.1) is 0 Å². The third-order valence-corrected chi connectivity index (χ3v) is 2.79. The van der Waals surface area contributed by atoms with E-state index in [0.29, 0.717) is 11.6 Å². The SMILES string of the molecule is COCC(NC(=O)NCCC(=O)O)c1ccc(Cl)cc1. The third-order valence-electron chi connectivity index (χ3n) is 2.54. The predicted octanol–water partition coefficient (Wildman–Crippen LogP) is 1.80. The molecule has 3 N–H and O–H groups in total. The molecule has 6 nitrogen and oxygen atoms in total. The zero-order chi connectivity index (χ0) is 15.0. The van der Waals surface area contributed by atoms with Gasteiger partial charge in [0.1, 0.15) is 0 Å². The molecule has 0 aliphatic rings. The molecule has 1 unspecified atom stereocenters. The number of hydrogen-bond acceptors (Lipinski definition) is 3. The minimum absolute atomic E-state index is 0.0709. The van der Waals surface area contributed by atoms with E-state index in [2.05, 4.69) is 10.6 Å². The zero-order valence-electron chi connectivity index (χ0n) is 11.1. The number of methoxy groups -OCH3 is 1. The zero-order valence-corrected chi connectivity index (χ0v) is 11.8. The predicted molar refractivity (Wildman–Crippen MR) is 74.9 cm³/mol. The fourth-order valence-electron chi connectivity index (χ4n) is 1.58. The van der Waals surface area contributed by atoms with Crippen LogP contribution in [-0.2, 0) is 9.53 Å². The van der Waals surface area contributed by atoms with Crippen molar-refractivity contribution in [1.82, 2.24) is 10.6 Å². The molecule has 7 heteroatoms. The molecule has 110 valence electrons. The van der Waals surface area contributed by atoms with Gasteiger partial charge >= 0.3 is 12.0 Å². The molecule has 0 heterocycles. The molecule has 0 aliphatic carbocycles. The first kappa shape index (κ1) is 16.3. The number of rotatable bonds is 7. The first-order valence-electron chi connectivity index (χ1n) is 6.03. The highest BCUT2D eigenvalue weighted by atomic mass is 35.5. The van der Waals surface area contributed by atoms with Gasteiger partial charge in [0.15, 0.2) is 0 Å². The monoisotopic (exact) mass is 300 g/mol. The van der Waals surface area contributed by atoms with Gasteiger partial charge in [0.2, 0.25) is 0 Å². The van der Waals surface area contributed by atoms with Crippen molar-refractivity contribution in [2.24, 2.45) is 0 Å². The number of carboxylic acid groups (broad SMARTS) is 1. The van der Waals surface area contributed by atoms with Crippen molar-refractivity contribution in [3.8, 4) is 0 Å². The number of carbonyl (C=O) groups is 2. The number of carbonyl (C=O) groups excluding carboxylic acids is 1. The number of nitrogens with one attached hydrogen (secondary N) is 2. The molecule has 2 amide bonds. The van der Waals surface area contributed by atoms with Crippen molar-refractivity contribution in [3.63, 3.8) is 0 Å². The molecule has 0 bridgehead atoms. The van der Waals surface area contributed by atoms with E-state index in [9.17, 15) is 9.59 Å². The third kappa shape index (κ3) is 5.90. The van der Waals surface area contributed by atoms with Gasteiger partial charge < -0.3 is 20.5 Å². The summed E-state index contributed by atoms with van der Waals surface area (Å²) in [5, 5.41) is 14.3. The summed E-state index contributed by atoms with van der Waals surface area (Å²) in [4.78, 5) is 22.0. The Morgan fingerprint density at radius 2 is 2.00 bits per heavy atom. The number of ether oxygens (including phenoxy) is 1. The van der Waals surface area contributed by atoms with E-state index in [-0.39, 0.29) is 19.0 Å². The molecular weight excluding hydrogens is 284 g/mol. The van der Waals surface area contributed by atoms with E-state index in [1.807, 2.05) is 0 Å².